The van der Waals surface area contributed by atoms with Crippen LogP contribution in [0.2, 0.25) is 0 Å². The van der Waals surface area contributed by atoms with Gasteiger partial charge in [0.2, 0.25) is 0 Å². The van der Waals surface area contributed by atoms with Crippen molar-refractivity contribution < 1.29 is 9.53 Å². The Labute approximate surface area is 93.2 Å². The summed E-state index contributed by atoms with van der Waals surface area (Å²) in [5.74, 6) is 0.0902. The van der Waals surface area contributed by atoms with E-state index in [9.17, 15) is 4.79 Å². The normalized spacial score (nSPS) is 10.3. The molecule has 84 valence electrons. The van der Waals surface area contributed by atoms with Crippen molar-refractivity contribution in [3.05, 3.63) is 6.33 Å². The zero-order valence-electron chi connectivity index (χ0n) is 8.97. The smallest absolute Gasteiger partial charge is 0.316 e. The summed E-state index contributed by atoms with van der Waals surface area (Å²) in [5.41, 5.74) is 0. The molecule has 15 heavy (non-hydrogen) atoms. The molecule has 0 N–H and O–H groups in total. The lowest BCUT2D eigenvalue weighted by Crippen LogP contribution is -2.08. The predicted octanol–water partition coefficient (Wildman–Crippen LogP) is 1.25. The van der Waals surface area contributed by atoms with Gasteiger partial charge in [-0.25, -0.2) is 0 Å². The Kier molecular flexibility index (Phi) is 5.17. The van der Waals surface area contributed by atoms with Crippen LogP contribution in [0, 0.1) is 0 Å². The fourth-order valence-electron chi connectivity index (χ4n) is 0.899. The van der Waals surface area contributed by atoms with Crippen LogP contribution in [0.3, 0.4) is 0 Å². The number of hydrogen-bond acceptors (Lipinski definition) is 5. The Morgan fingerprint density at radius 2 is 2.47 bits per heavy atom. The third-order valence-electron chi connectivity index (χ3n) is 1.75. The lowest BCUT2D eigenvalue weighted by molar-refractivity contribution is -0.140. The Balaban J connectivity index is 2.20. The second-order valence-corrected chi connectivity index (χ2v) is 4.03. The van der Waals surface area contributed by atoms with Gasteiger partial charge in [0.1, 0.15) is 6.33 Å². The highest BCUT2D eigenvalue weighted by Crippen LogP contribution is 2.13. The summed E-state index contributed by atoms with van der Waals surface area (Å²) in [7, 11) is 1.84. The number of carbonyl (C=O) groups is 1. The number of aromatic nitrogens is 3. The van der Waals surface area contributed by atoms with Crippen molar-refractivity contribution in [1.82, 2.24) is 14.8 Å². The topological polar surface area (TPSA) is 57.0 Å². The Morgan fingerprint density at radius 1 is 1.67 bits per heavy atom. The lowest BCUT2D eigenvalue weighted by Gasteiger charge is -2.02. The highest BCUT2D eigenvalue weighted by Gasteiger charge is 2.07. The largest absolute Gasteiger partial charge is 0.465 e. The first-order valence-electron chi connectivity index (χ1n) is 4.86. The van der Waals surface area contributed by atoms with Gasteiger partial charge < -0.3 is 9.30 Å². The highest BCUT2D eigenvalue weighted by atomic mass is 32.2. The van der Waals surface area contributed by atoms with Crippen LogP contribution in [0.25, 0.3) is 0 Å². The number of ether oxygens (including phenoxy) is 1. The minimum Gasteiger partial charge on any atom is -0.465 e. The monoisotopic (exact) mass is 229 g/mol. The summed E-state index contributed by atoms with van der Waals surface area (Å²) < 4.78 is 6.77. The van der Waals surface area contributed by atoms with Gasteiger partial charge in [-0.2, -0.15) is 0 Å². The molecule has 0 aromatic carbocycles. The maximum absolute atomic E-state index is 11.2. The third-order valence-corrected chi connectivity index (χ3v) is 2.76. The Morgan fingerprint density at radius 3 is 3.07 bits per heavy atom. The first kappa shape index (κ1) is 12.0. The summed E-state index contributed by atoms with van der Waals surface area (Å²) in [6, 6.07) is 0. The van der Waals surface area contributed by atoms with E-state index < -0.39 is 0 Å². The van der Waals surface area contributed by atoms with E-state index in [0.29, 0.717) is 6.61 Å². The second-order valence-electron chi connectivity index (χ2n) is 3.09. The van der Waals surface area contributed by atoms with Gasteiger partial charge in [-0.15, -0.1) is 10.2 Å². The van der Waals surface area contributed by atoms with Crippen molar-refractivity contribution in [3.8, 4) is 0 Å². The van der Waals surface area contributed by atoms with Crippen LogP contribution in [0.1, 0.15) is 19.8 Å². The zero-order valence-corrected chi connectivity index (χ0v) is 9.79. The van der Waals surface area contributed by atoms with Crippen molar-refractivity contribution in [1.29, 1.82) is 0 Å². The predicted molar refractivity (Wildman–Crippen MR) is 57.6 cm³/mol. The van der Waals surface area contributed by atoms with Gasteiger partial charge in [0.05, 0.1) is 12.4 Å². The van der Waals surface area contributed by atoms with Crippen LogP contribution in [0.15, 0.2) is 11.5 Å². The first-order chi connectivity index (χ1) is 7.24. The molecule has 6 heteroatoms. The second kappa shape index (κ2) is 6.44. The molecular formula is C9H15N3O2S. The number of esters is 1. The molecule has 0 atom stereocenters. The van der Waals surface area contributed by atoms with E-state index in [-0.39, 0.29) is 11.7 Å². The summed E-state index contributed by atoms with van der Waals surface area (Å²) in [5, 5.41) is 8.29. The van der Waals surface area contributed by atoms with Crippen molar-refractivity contribution >= 4 is 17.7 Å². The number of carbonyl (C=O) groups excluding carboxylic acids is 1. The molecule has 0 fully saturated rings. The molecule has 5 nitrogen and oxygen atoms in total. The van der Waals surface area contributed by atoms with Crippen molar-refractivity contribution in [3.63, 3.8) is 0 Å². The van der Waals surface area contributed by atoms with E-state index in [2.05, 4.69) is 17.1 Å². The molecule has 0 aliphatic heterocycles. The molecule has 0 saturated heterocycles. The molecular weight excluding hydrogens is 214 g/mol. The van der Waals surface area contributed by atoms with E-state index >= 15 is 0 Å². The van der Waals surface area contributed by atoms with Gasteiger partial charge >= 0.3 is 5.97 Å². The summed E-state index contributed by atoms with van der Waals surface area (Å²) in [6.07, 6.45) is 3.55. The molecule has 0 aliphatic carbocycles. The van der Waals surface area contributed by atoms with Crippen LogP contribution >= 0.6 is 11.8 Å². The number of hydrogen-bond donors (Lipinski definition) is 0. The zero-order chi connectivity index (χ0) is 11.1. The summed E-state index contributed by atoms with van der Waals surface area (Å²) in [6.45, 7) is 2.57. The molecule has 0 bridgehead atoms. The van der Waals surface area contributed by atoms with Crippen molar-refractivity contribution in [2.45, 2.75) is 24.9 Å². The van der Waals surface area contributed by atoms with Gasteiger partial charge in [0, 0.05) is 7.05 Å². The fraction of sp³-hybridized carbons (Fsp3) is 0.667. The standard InChI is InChI=1S/C9H15N3O2S/c1-3-4-5-14-8(13)6-15-9-11-10-7-12(9)2/h7H,3-6H2,1-2H3. The van der Waals surface area contributed by atoms with Crippen LogP contribution in [0.4, 0.5) is 0 Å². The molecule has 1 rings (SSSR count). The average molecular weight is 229 g/mol. The molecule has 1 aromatic rings. The van der Waals surface area contributed by atoms with E-state index in [4.69, 9.17) is 4.74 Å². The number of thioether (sulfide) groups is 1. The van der Waals surface area contributed by atoms with Crippen LogP contribution < -0.4 is 0 Å². The van der Waals surface area contributed by atoms with Gasteiger partial charge in [0.25, 0.3) is 0 Å². The number of aryl methyl sites for hydroxylation is 1. The minimum atomic E-state index is -0.198. The summed E-state index contributed by atoms with van der Waals surface area (Å²) >= 11 is 1.33. The number of rotatable bonds is 6. The first-order valence-corrected chi connectivity index (χ1v) is 5.85. The van der Waals surface area contributed by atoms with Gasteiger partial charge in [0.15, 0.2) is 5.16 Å². The average Bonchev–Trinajstić information content (AvgIpc) is 2.61. The minimum absolute atomic E-state index is 0.198. The third kappa shape index (κ3) is 4.33. The maximum Gasteiger partial charge on any atom is 0.316 e. The molecule has 0 amide bonds. The van der Waals surface area contributed by atoms with E-state index in [0.717, 1.165) is 18.0 Å². The van der Waals surface area contributed by atoms with Gasteiger partial charge in [-0.1, -0.05) is 25.1 Å². The van der Waals surface area contributed by atoms with Crippen LogP contribution in [-0.4, -0.2) is 33.1 Å². The molecule has 0 spiro atoms. The van der Waals surface area contributed by atoms with Gasteiger partial charge in [-0.3, -0.25) is 4.79 Å². The molecule has 0 radical (unpaired) electrons. The maximum atomic E-state index is 11.2. The van der Waals surface area contributed by atoms with Crippen molar-refractivity contribution in [2.75, 3.05) is 12.4 Å². The van der Waals surface area contributed by atoms with Crippen molar-refractivity contribution in [2.24, 2.45) is 7.05 Å². The van der Waals surface area contributed by atoms with Crippen LogP contribution in [0.5, 0.6) is 0 Å². The number of unbranched alkanes of at least 4 members (excludes halogenated alkanes) is 1. The van der Waals surface area contributed by atoms with E-state index in [1.54, 1.807) is 10.9 Å². The van der Waals surface area contributed by atoms with E-state index in [1.807, 2.05) is 7.05 Å². The molecule has 0 aliphatic rings. The highest BCUT2D eigenvalue weighted by molar-refractivity contribution is 7.99. The van der Waals surface area contributed by atoms with E-state index in [1.165, 1.54) is 11.8 Å². The molecule has 0 unspecified atom stereocenters. The summed E-state index contributed by atoms with van der Waals surface area (Å²) in [4.78, 5) is 11.2. The van der Waals surface area contributed by atoms with Gasteiger partial charge in [-0.05, 0) is 6.42 Å². The Hall–Kier alpha value is -1.04. The lowest BCUT2D eigenvalue weighted by atomic mass is 10.4. The molecule has 0 saturated carbocycles. The Bertz CT molecular complexity index is 314. The quantitative estimate of drug-likeness (QED) is 0.417. The van der Waals surface area contributed by atoms with Crippen LogP contribution in [-0.2, 0) is 16.6 Å². The SMILES string of the molecule is CCCCOC(=O)CSc1nncn1C. The molecule has 1 aromatic heterocycles. The fourth-order valence-corrected chi connectivity index (χ4v) is 1.58. The number of nitrogens with zero attached hydrogens (tertiary/aromatic N) is 3. The molecule has 1 heterocycles.